The van der Waals surface area contributed by atoms with Crippen molar-refractivity contribution in [3.8, 4) is 0 Å². The van der Waals surface area contributed by atoms with Gasteiger partial charge in [-0.2, -0.15) is 10.2 Å². The highest BCUT2D eigenvalue weighted by molar-refractivity contribution is 6.04. The zero-order valence-corrected chi connectivity index (χ0v) is 37.2. The molecule has 10 rings (SSSR count). The molecule has 6 heterocycles. The van der Waals surface area contributed by atoms with E-state index in [0.29, 0.717) is 48.4 Å². The summed E-state index contributed by atoms with van der Waals surface area (Å²) in [6, 6.07) is 8.74. The first-order valence-corrected chi connectivity index (χ1v) is 23.5. The number of morpholine rings is 1. The van der Waals surface area contributed by atoms with Crippen LogP contribution in [0.1, 0.15) is 105 Å². The number of anilines is 2. The van der Waals surface area contributed by atoms with Crippen molar-refractivity contribution in [1.82, 2.24) is 39.9 Å². The summed E-state index contributed by atoms with van der Waals surface area (Å²) < 4.78 is 37.0. The number of nitrogens with one attached hydrogen (secondary N) is 3. The quantitative estimate of drug-likeness (QED) is 0.101. The van der Waals surface area contributed by atoms with Gasteiger partial charge in [-0.15, -0.1) is 0 Å². The topological polar surface area (TPSA) is 189 Å². The molecule has 3 aliphatic carbocycles. The molecule has 18 heteroatoms. The maximum Gasteiger partial charge on any atom is 0.279 e. The van der Waals surface area contributed by atoms with Crippen molar-refractivity contribution in [1.29, 1.82) is 0 Å². The predicted molar refractivity (Wildman–Crippen MR) is 242 cm³/mol. The maximum atomic E-state index is 13.9. The van der Waals surface area contributed by atoms with Crippen LogP contribution in [-0.4, -0.2) is 117 Å². The first-order chi connectivity index (χ1) is 31.4. The van der Waals surface area contributed by atoms with Gasteiger partial charge in [0, 0.05) is 56.9 Å². The molecular formula is C47H60F2N12O4. The second kappa shape index (κ2) is 17.7. The summed E-state index contributed by atoms with van der Waals surface area (Å²) in [7, 11) is 4.18. The van der Waals surface area contributed by atoms with Crippen LogP contribution in [0.5, 0.6) is 0 Å². The number of nitrogens with zero attached hydrogens (tertiary/aromatic N) is 8. The fourth-order valence-electron chi connectivity index (χ4n) is 11.9. The van der Waals surface area contributed by atoms with Gasteiger partial charge < -0.3 is 30.9 Å². The van der Waals surface area contributed by atoms with Gasteiger partial charge in [-0.1, -0.05) is 12.1 Å². The third kappa shape index (κ3) is 8.70. The maximum absolute atomic E-state index is 13.9. The van der Waals surface area contributed by atoms with E-state index < -0.39 is 23.9 Å². The number of benzene rings is 1. The van der Waals surface area contributed by atoms with Gasteiger partial charge >= 0.3 is 0 Å². The van der Waals surface area contributed by atoms with Crippen LogP contribution in [0.3, 0.4) is 0 Å². The molecule has 5 N–H and O–H groups in total. The van der Waals surface area contributed by atoms with Gasteiger partial charge in [-0.05, 0) is 113 Å². The van der Waals surface area contributed by atoms with Crippen LogP contribution in [-0.2, 0) is 21.4 Å². The molecule has 1 aromatic carbocycles. The Morgan fingerprint density at radius 3 is 2.63 bits per heavy atom. The standard InChI is InChI=1S/C47H60F2N12O4/c1-58(30-12-15-47(16-13-30)19-28(20-47)21-52-36-5-3-4-33-41(57-59(2)42(33)36)34-10-11-39(62)56-45(34)63)24-27-6-8-29(9-7-27)51-23-37(40(50)43(48)49)54-46(64)35-22-53-61-17-14-38(55-44(35)61)60-25-32-18-31(60)26-65-32/h3-5,14,17,22-23,27-32,34,43,52H,6-13,15-16,18-21,24-26,50H2,1-2H3,(H,54,64)(H,56,62,63)/t27?,28?,29?,30?,31-,32-,34?,47?/m1/s1. The number of aliphatic imine (C=N–C) groups is 1. The number of amides is 3. The number of aryl methyl sites for hydroxylation is 1. The van der Waals surface area contributed by atoms with Crippen molar-refractivity contribution in [3.63, 3.8) is 0 Å². The SMILES string of the molecule is CN(CC1CCC(N=CC(NC(=O)c2cnn3ccc(N4C[C@H]5C[C@@H]4CO5)nc23)=C(N)C(F)F)CC1)C1CCC2(CC1)CC(CNc1cccc3c(C4CCC(=O)NC4=O)nn(C)c13)C2. The predicted octanol–water partition coefficient (Wildman–Crippen LogP) is 5.29. The van der Waals surface area contributed by atoms with Gasteiger partial charge in [0.1, 0.15) is 17.1 Å². The summed E-state index contributed by atoms with van der Waals surface area (Å²) in [5, 5.41) is 18.8. The number of hydrogen-bond acceptors (Lipinski definition) is 12. The van der Waals surface area contributed by atoms with Crippen LogP contribution in [0.25, 0.3) is 16.6 Å². The molecule has 3 aliphatic heterocycles. The zero-order valence-electron chi connectivity index (χ0n) is 37.2. The second-order valence-corrected chi connectivity index (χ2v) is 19.7. The smallest absolute Gasteiger partial charge is 0.279 e. The lowest BCUT2D eigenvalue weighted by Crippen LogP contribution is -2.47. The van der Waals surface area contributed by atoms with Crippen molar-refractivity contribution in [2.24, 2.45) is 35.0 Å². The molecule has 3 aromatic heterocycles. The lowest BCUT2D eigenvalue weighted by Gasteiger charge is -2.53. The Hall–Kier alpha value is -5.49. The molecule has 3 saturated carbocycles. The summed E-state index contributed by atoms with van der Waals surface area (Å²) in [4.78, 5) is 52.1. The number of imide groups is 1. The minimum absolute atomic E-state index is 0.0437. The van der Waals surface area contributed by atoms with Gasteiger partial charge in [0.05, 0.1) is 59.5 Å². The number of nitrogens with two attached hydrogens (primary N) is 1. The van der Waals surface area contributed by atoms with Crippen LogP contribution >= 0.6 is 0 Å². The van der Waals surface area contributed by atoms with Crippen LogP contribution in [0.4, 0.5) is 20.3 Å². The Bertz CT molecular complexity index is 2510. The first kappa shape index (κ1) is 43.4. The average molecular weight is 895 g/mol. The van der Waals surface area contributed by atoms with Crippen molar-refractivity contribution < 1.29 is 27.9 Å². The minimum atomic E-state index is -2.97. The van der Waals surface area contributed by atoms with Crippen molar-refractivity contribution in [2.45, 2.75) is 120 Å². The molecule has 65 heavy (non-hydrogen) atoms. The largest absolute Gasteiger partial charge is 0.396 e. The van der Waals surface area contributed by atoms with Gasteiger partial charge in [-0.25, -0.2) is 18.3 Å². The fourth-order valence-corrected chi connectivity index (χ4v) is 11.9. The van der Waals surface area contributed by atoms with E-state index in [-0.39, 0.29) is 41.3 Å². The van der Waals surface area contributed by atoms with E-state index in [1.54, 1.807) is 6.20 Å². The molecule has 1 unspecified atom stereocenters. The van der Waals surface area contributed by atoms with E-state index in [2.05, 4.69) is 49.0 Å². The van der Waals surface area contributed by atoms with E-state index in [1.165, 1.54) is 55.5 Å². The molecule has 2 bridgehead atoms. The highest BCUT2D eigenvalue weighted by atomic mass is 19.3. The van der Waals surface area contributed by atoms with Crippen molar-refractivity contribution >= 4 is 52.0 Å². The summed E-state index contributed by atoms with van der Waals surface area (Å²) in [5.41, 5.74) is 8.57. The highest BCUT2D eigenvalue weighted by Crippen LogP contribution is 2.55. The molecule has 3 amide bonds. The van der Waals surface area contributed by atoms with Crippen molar-refractivity contribution in [2.75, 3.05) is 43.5 Å². The second-order valence-electron chi connectivity index (χ2n) is 19.7. The van der Waals surface area contributed by atoms with Gasteiger partial charge in [-0.3, -0.25) is 29.4 Å². The number of carbonyl (C=O) groups is 3. The number of halogens is 2. The van der Waals surface area contributed by atoms with E-state index in [0.717, 1.165) is 79.8 Å². The van der Waals surface area contributed by atoms with E-state index in [9.17, 15) is 23.2 Å². The molecule has 0 radical (unpaired) electrons. The van der Waals surface area contributed by atoms with E-state index >= 15 is 0 Å². The van der Waals surface area contributed by atoms with Crippen LogP contribution in [0.2, 0.25) is 0 Å². The molecular weight excluding hydrogens is 835 g/mol. The number of piperidine rings is 1. The average Bonchev–Trinajstić information content (AvgIpc) is 4.11. The number of alkyl halides is 2. The number of rotatable bonds is 13. The lowest BCUT2D eigenvalue weighted by atomic mass is 9.55. The zero-order chi connectivity index (χ0) is 45.0. The fraction of sp³-hybridized carbons (Fsp3) is 0.596. The number of carbonyl (C=O) groups excluding carboxylic acids is 3. The minimum Gasteiger partial charge on any atom is -0.396 e. The molecule has 3 saturated heterocycles. The molecule has 346 valence electrons. The number of hydrogen-bond donors (Lipinski definition) is 4. The highest BCUT2D eigenvalue weighted by Gasteiger charge is 2.46. The summed E-state index contributed by atoms with van der Waals surface area (Å²) >= 11 is 0. The molecule has 3 atom stereocenters. The lowest BCUT2D eigenvalue weighted by molar-refractivity contribution is -0.134. The summed E-state index contributed by atoms with van der Waals surface area (Å²) in [6.45, 7) is 3.31. The van der Waals surface area contributed by atoms with Crippen LogP contribution in [0.15, 0.2) is 53.0 Å². The van der Waals surface area contributed by atoms with E-state index in [4.69, 9.17) is 20.6 Å². The molecule has 6 aliphatic rings. The van der Waals surface area contributed by atoms with Crippen LogP contribution in [0, 0.1) is 17.3 Å². The Balaban J connectivity index is 0.674. The van der Waals surface area contributed by atoms with Crippen LogP contribution < -0.4 is 26.6 Å². The number of para-hydroxylation sites is 1. The Kier molecular flexibility index (Phi) is 11.8. The first-order valence-electron chi connectivity index (χ1n) is 23.5. The summed E-state index contributed by atoms with van der Waals surface area (Å²) in [6.07, 6.45) is 14.5. The monoisotopic (exact) mass is 894 g/mol. The normalized spacial score (nSPS) is 29.6. The number of aromatic nitrogens is 5. The Labute approximate surface area is 376 Å². The van der Waals surface area contributed by atoms with Crippen molar-refractivity contribution in [3.05, 3.63) is 59.3 Å². The van der Waals surface area contributed by atoms with Gasteiger partial charge in [0.2, 0.25) is 11.8 Å². The number of allylic oxidation sites excluding steroid dienone is 2. The van der Waals surface area contributed by atoms with Gasteiger partial charge in [0.25, 0.3) is 12.3 Å². The van der Waals surface area contributed by atoms with E-state index in [1.807, 2.05) is 29.9 Å². The Morgan fingerprint density at radius 2 is 1.91 bits per heavy atom. The third-order valence-electron chi connectivity index (χ3n) is 15.5. The number of fused-ring (bicyclic) bond motifs is 4. The molecule has 4 aromatic rings. The molecule has 16 nitrogen and oxygen atoms in total. The third-order valence-corrected chi connectivity index (χ3v) is 15.5. The molecule has 6 fully saturated rings. The molecule has 1 spiro atoms. The van der Waals surface area contributed by atoms with Gasteiger partial charge in [0.15, 0.2) is 5.65 Å². The Morgan fingerprint density at radius 1 is 1.11 bits per heavy atom. The summed E-state index contributed by atoms with van der Waals surface area (Å²) in [5.74, 6) is 0.335. The number of ether oxygens (including phenoxy) is 1.